The molecule has 1 aliphatic heterocycles. The Labute approximate surface area is 171 Å². The van der Waals surface area contributed by atoms with Crippen LogP contribution in [0.4, 0.5) is 5.95 Å². The molecule has 28 heavy (non-hydrogen) atoms. The quantitative estimate of drug-likeness (QED) is 0.649. The van der Waals surface area contributed by atoms with Crippen molar-refractivity contribution < 1.29 is 0 Å². The number of rotatable bonds is 6. The SMILES string of the molecule is ClN1CC(Cc2ccccc2)N(c2ncccn2)C(NCc2ccccc2)C1. The average Bonchev–Trinajstić information content (AvgIpc) is 2.74. The maximum Gasteiger partial charge on any atom is 0.226 e. The lowest BCUT2D eigenvalue weighted by Gasteiger charge is -2.45. The molecule has 0 aliphatic carbocycles. The summed E-state index contributed by atoms with van der Waals surface area (Å²) in [5.74, 6) is 0.735. The van der Waals surface area contributed by atoms with E-state index in [1.54, 1.807) is 12.4 Å². The third-order valence-corrected chi connectivity index (χ3v) is 5.27. The minimum atomic E-state index is 0.0163. The third-order valence-electron chi connectivity index (χ3n) is 4.99. The molecule has 2 heterocycles. The first-order valence-electron chi connectivity index (χ1n) is 9.57. The van der Waals surface area contributed by atoms with E-state index in [4.69, 9.17) is 11.8 Å². The molecule has 0 bridgehead atoms. The van der Waals surface area contributed by atoms with Gasteiger partial charge in [0.1, 0.15) is 0 Å². The number of hydrogen-bond donors (Lipinski definition) is 1. The minimum Gasteiger partial charge on any atom is -0.319 e. The van der Waals surface area contributed by atoms with Crippen molar-refractivity contribution in [3.8, 4) is 0 Å². The molecular formula is C22H24ClN5. The van der Waals surface area contributed by atoms with E-state index in [2.05, 4.69) is 68.7 Å². The molecule has 5 nitrogen and oxygen atoms in total. The first-order valence-corrected chi connectivity index (χ1v) is 9.91. The van der Waals surface area contributed by atoms with E-state index in [0.29, 0.717) is 6.54 Å². The van der Waals surface area contributed by atoms with Gasteiger partial charge in [0.05, 0.1) is 12.2 Å². The summed E-state index contributed by atoms with van der Waals surface area (Å²) in [5, 5.41) is 3.65. The van der Waals surface area contributed by atoms with E-state index in [1.165, 1.54) is 11.1 Å². The van der Waals surface area contributed by atoms with E-state index in [9.17, 15) is 0 Å². The van der Waals surface area contributed by atoms with Gasteiger partial charge in [-0.25, -0.2) is 14.4 Å². The number of nitrogens with zero attached hydrogens (tertiary/aromatic N) is 4. The smallest absolute Gasteiger partial charge is 0.226 e. The first kappa shape index (κ1) is 18.9. The van der Waals surface area contributed by atoms with Crippen LogP contribution < -0.4 is 10.2 Å². The summed E-state index contributed by atoms with van der Waals surface area (Å²) in [6.45, 7) is 2.20. The lowest BCUT2D eigenvalue weighted by Crippen LogP contribution is -2.63. The molecule has 1 saturated heterocycles. The number of halogens is 1. The van der Waals surface area contributed by atoms with Gasteiger partial charge >= 0.3 is 0 Å². The number of piperazine rings is 1. The van der Waals surface area contributed by atoms with Crippen LogP contribution in [0.5, 0.6) is 0 Å². The van der Waals surface area contributed by atoms with Crippen molar-refractivity contribution >= 4 is 17.7 Å². The second-order valence-electron chi connectivity index (χ2n) is 7.01. The molecule has 2 atom stereocenters. The van der Waals surface area contributed by atoms with Crippen LogP contribution in [0.3, 0.4) is 0 Å². The normalized spacial score (nSPS) is 20.2. The predicted octanol–water partition coefficient (Wildman–Crippen LogP) is 3.48. The molecule has 0 radical (unpaired) electrons. The highest BCUT2D eigenvalue weighted by atomic mass is 35.5. The molecule has 0 saturated carbocycles. The Morgan fingerprint density at radius 3 is 2.18 bits per heavy atom. The maximum absolute atomic E-state index is 6.53. The Bertz CT molecular complexity index is 847. The zero-order chi connectivity index (χ0) is 19.2. The van der Waals surface area contributed by atoms with Gasteiger partial charge in [0, 0.05) is 32.0 Å². The van der Waals surface area contributed by atoms with Gasteiger partial charge in [0.2, 0.25) is 5.95 Å². The second kappa shape index (κ2) is 9.15. The molecule has 2 aromatic carbocycles. The Hall–Kier alpha value is -2.47. The Kier molecular flexibility index (Phi) is 6.17. The Morgan fingerprint density at radius 2 is 1.50 bits per heavy atom. The summed E-state index contributed by atoms with van der Waals surface area (Å²) < 4.78 is 1.87. The van der Waals surface area contributed by atoms with Crippen molar-refractivity contribution in [3.05, 3.63) is 90.3 Å². The van der Waals surface area contributed by atoms with Crippen molar-refractivity contribution in [2.75, 3.05) is 18.0 Å². The molecular weight excluding hydrogens is 370 g/mol. The molecule has 1 fully saturated rings. The van der Waals surface area contributed by atoms with Gasteiger partial charge in [0.15, 0.2) is 0 Å². The fourth-order valence-electron chi connectivity index (χ4n) is 3.69. The molecule has 2 unspecified atom stereocenters. The number of hydrogen-bond acceptors (Lipinski definition) is 5. The molecule has 1 aliphatic rings. The number of aromatic nitrogens is 2. The number of benzene rings is 2. The highest BCUT2D eigenvalue weighted by Crippen LogP contribution is 2.24. The first-order chi connectivity index (χ1) is 13.8. The van der Waals surface area contributed by atoms with Crippen LogP contribution in [0.2, 0.25) is 0 Å². The standard InChI is InChI=1S/C22H24ClN5/c23-27-16-20(14-18-8-3-1-4-9-18)28(22-24-12-7-13-25-22)21(17-27)26-15-19-10-5-2-6-11-19/h1-13,20-21,26H,14-17H2. The largest absolute Gasteiger partial charge is 0.319 e. The van der Waals surface area contributed by atoms with Crippen LogP contribution in [0, 0.1) is 0 Å². The monoisotopic (exact) mass is 393 g/mol. The van der Waals surface area contributed by atoms with Gasteiger partial charge in [-0.05, 0) is 35.4 Å². The summed E-state index contributed by atoms with van der Waals surface area (Å²) in [7, 11) is 0. The van der Waals surface area contributed by atoms with Gasteiger partial charge in [0.25, 0.3) is 0 Å². The van der Waals surface area contributed by atoms with Crippen molar-refractivity contribution in [2.24, 2.45) is 0 Å². The van der Waals surface area contributed by atoms with Crippen LogP contribution in [-0.2, 0) is 13.0 Å². The van der Waals surface area contributed by atoms with Crippen molar-refractivity contribution in [1.29, 1.82) is 0 Å². The molecule has 0 spiro atoms. The Morgan fingerprint density at radius 1 is 0.857 bits per heavy atom. The van der Waals surface area contributed by atoms with Crippen LogP contribution in [0.25, 0.3) is 0 Å². The van der Waals surface area contributed by atoms with Gasteiger partial charge < -0.3 is 4.90 Å². The van der Waals surface area contributed by atoms with Gasteiger partial charge in [-0.2, -0.15) is 0 Å². The van der Waals surface area contributed by atoms with Gasteiger partial charge in [-0.3, -0.25) is 5.32 Å². The highest BCUT2D eigenvalue weighted by Gasteiger charge is 2.35. The van der Waals surface area contributed by atoms with Gasteiger partial charge in [-0.1, -0.05) is 60.7 Å². The van der Waals surface area contributed by atoms with Crippen molar-refractivity contribution in [3.63, 3.8) is 0 Å². The second-order valence-corrected chi connectivity index (χ2v) is 7.49. The third kappa shape index (κ3) is 4.68. The molecule has 3 aromatic rings. The van der Waals surface area contributed by atoms with Gasteiger partial charge in [-0.15, -0.1) is 0 Å². The molecule has 6 heteroatoms. The lowest BCUT2D eigenvalue weighted by molar-refractivity contribution is 0.261. The summed E-state index contributed by atoms with van der Waals surface area (Å²) in [6.07, 6.45) is 4.49. The maximum atomic E-state index is 6.53. The van der Waals surface area contributed by atoms with E-state index in [1.807, 2.05) is 22.6 Å². The van der Waals surface area contributed by atoms with E-state index < -0.39 is 0 Å². The van der Waals surface area contributed by atoms with E-state index >= 15 is 0 Å². The summed E-state index contributed by atoms with van der Waals surface area (Å²) in [4.78, 5) is 11.4. The van der Waals surface area contributed by atoms with Crippen molar-refractivity contribution in [1.82, 2.24) is 19.7 Å². The summed E-state index contributed by atoms with van der Waals surface area (Å²) in [6, 6.07) is 22.9. The van der Waals surface area contributed by atoms with Crippen LogP contribution in [0.1, 0.15) is 11.1 Å². The highest BCUT2D eigenvalue weighted by molar-refractivity contribution is 6.13. The van der Waals surface area contributed by atoms with Crippen LogP contribution >= 0.6 is 11.8 Å². The summed E-state index contributed by atoms with van der Waals surface area (Å²) >= 11 is 6.53. The topological polar surface area (TPSA) is 44.3 Å². The zero-order valence-electron chi connectivity index (χ0n) is 15.7. The molecule has 1 N–H and O–H groups in total. The fourth-order valence-corrected chi connectivity index (χ4v) is 3.98. The van der Waals surface area contributed by atoms with E-state index in [-0.39, 0.29) is 12.2 Å². The molecule has 0 amide bonds. The lowest BCUT2D eigenvalue weighted by atomic mass is 10.0. The average molecular weight is 394 g/mol. The molecule has 4 rings (SSSR count). The van der Waals surface area contributed by atoms with Crippen molar-refractivity contribution in [2.45, 2.75) is 25.2 Å². The van der Waals surface area contributed by atoms with Crippen LogP contribution in [0.15, 0.2) is 79.1 Å². The summed E-state index contributed by atoms with van der Waals surface area (Å²) in [5.41, 5.74) is 2.52. The number of anilines is 1. The minimum absolute atomic E-state index is 0.0163. The molecule has 144 valence electrons. The zero-order valence-corrected chi connectivity index (χ0v) is 16.4. The number of nitrogens with one attached hydrogen (secondary N) is 1. The van der Waals surface area contributed by atoms with Crippen LogP contribution in [-0.4, -0.2) is 39.7 Å². The fraction of sp³-hybridized carbons (Fsp3) is 0.273. The molecule has 1 aromatic heterocycles. The Balaban J connectivity index is 1.58. The predicted molar refractivity (Wildman–Crippen MR) is 113 cm³/mol. The van der Waals surface area contributed by atoms with E-state index in [0.717, 1.165) is 25.5 Å².